The lowest BCUT2D eigenvalue weighted by Gasteiger charge is -2.10. The lowest BCUT2D eigenvalue weighted by molar-refractivity contribution is -0.115. The Morgan fingerprint density at radius 2 is 2.12 bits per heavy atom. The van der Waals surface area contributed by atoms with Crippen molar-refractivity contribution in [3.8, 4) is 5.75 Å². The van der Waals surface area contributed by atoms with Gasteiger partial charge in [-0.05, 0) is 48.3 Å². The number of aromatic nitrogens is 1. The van der Waals surface area contributed by atoms with Gasteiger partial charge in [0.25, 0.3) is 0 Å². The van der Waals surface area contributed by atoms with Gasteiger partial charge >= 0.3 is 0 Å². The number of para-hydroxylation sites is 1. The van der Waals surface area contributed by atoms with Gasteiger partial charge in [-0.1, -0.05) is 23.4 Å². The van der Waals surface area contributed by atoms with Crippen LogP contribution in [0.5, 0.6) is 5.75 Å². The molecule has 25 heavy (non-hydrogen) atoms. The van der Waals surface area contributed by atoms with Crippen LogP contribution in [0.25, 0.3) is 11.0 Å². The molecule has 0 radical (unpaired) electrons. The van der Waals surface area contributed by atoms with Crippen LogP contribution in [0.2, 0.25) is 0 Å². The van der Waals surface area contributed by atoms with Gasteiger partial charge in [0, 0.05) is 11.1 Å². The molecule has 1 aromatic heterocycles. The highest BCUT2D eigenvalue weighted by Gasteiger charge is 2.14. The summed E-state index contributed by atoms with van der Waals surface area (Å²) in [6.07, 6.45) is 3.14. The molecular formula is C19H20N2O3S. The Balaban J connectivity index is 1.75. The van der Waals surface area contributed by atoms with Crippen molar-refractivity contribution in [2.45, 2.75) is 12.8 Å². The summed E-state index contributed by atoms with van der Waals surface area (Å²) >= 11 is 1.79. The minimum Gasteiger partial charge on any atom is -0.497 e. The average molecular weight is 356 g/mol. The number of nitrogens with one attached hydrogen (secondary N) is 1. The van der Waals surface area contributed by atoms with E-state index < -0.39 is 0 Å². The van der Waals surface area contributed by atoms with Crippen LogP contribution < -0.4 is 10.1 Å². The Kier molecular flexibility index (Phi) is 5.60. The minimum absolute atomic E-state index is 0.116. The van der Waals surface area contributed by atoms with Gasteiger partial charge in [0.05, 0.1) is 13.5 Å². The molecule has 0 aliphatic rings. The van der Waals surface area contributed by atoms with Gasteiger partial charge in [-0.3, -0.25) is 4.79 Å². The van der Waals surface area contributed by atoms with E-state index in [-0.39, 0.29) is 12.3 Å². The van der Waals surface area contributed by atoms with Gasteiger partial charge in [-0.2, -0.15) is 11.8 Å². The molecule has 1 amide bonds. The van der Waals surface area contributed by atoms with Gasteiger partial charge in [-0.15, -0.1) is 0 Å². The number of hydrogen-bond donors (Lipinski definition) is 1. The summed E-state index contributed by atoms with van der Waals surface area (Å²) in [6.45, 7) is 0. The monoisotopic (exact) mass is 356 g/mol. The summed E-state index contributed by atoms with van der Waals surface area (Å²) in [7, 11) is 1.60. The van der Waals surface area contributed by atoms with E-state index in [0.29, 0.717) is 17.0 Å². The normalized spacial score (nSPS) is 10.8. The molecule has 1 heterocycles. The van der Waals surface area contributed by atoms with Crippen molar-refractivity contribution >= 4 is 34.3 Å². The molecule has 0 saturated carbocycles. The van der Waals surface area contributed by atoms with Gasteiger partial charge in [0.15, 0.2) is 5.58 Å². The van der Waals surface area contributed by atoms with Gasteiger partial charge in [0.2, 0.25) is 5.91 Å². The Morgan fingerprint density at radius 3 is 2.92 bits per heavy atom. The third kappa shape index (κ3) is 4.14. The second-order valence-corrected chi connectivity index (χ2v) is 6.60. The summed E-state index contributed by atoms with van der Waals surface area (Å²) in [4.78, 5) is 12.5. The first kappa shape index (κ1) is 17.4. The number of carbonyl (C=O) groups excluding carboxylic acids is 1. The number of fused-ring (bicyclic) bond motifs is 1. The second kappa shape index (κ2) is 8.07. The molecule has 2 aromatic carbocycles. The number of anilines is 1. The molecule has 1 N–H and O–H groups in total. The van der Waals surface area contributed by atoms with Crippen LogP contribution >= 0.6 is 11.8 Å². The third-order valence-electron chi connectivity index (χ3n) is 3.95. The van der Waals surface area contributed by atoms with Crippen LogP contribution in [-0.4, -0.2) is 30.2 Å². The molecule has 6 heteroatoms. The van der Waals surface area contributed by atoms with E-state index >= 15 is 0 Å². The van der Waals surface area contributed by atoms with Crippen LogP contribution in [-0.2, 0) is 17.6 Å². The Labute approximate surface area is 150 Å². The van der Waals surface area contributed by atoms with Crippen LogP contribution in [0, 0.1) is 0 Å². The van der Waals surface area contributed by atoms with Crippen molar-refractivity contribution in [1.29, 1.82) is 0 Å². The van der Waals surface area contributed by atoms with Gasteiger partial charge in [-0.25, -0.2) is 0 Å². The predicted octanol–water partition coefficient (Wildman–Crippen LogP) is 3.92. The molecule has 0 unspecified atom stereocenters. The maximum absolute atomic E-state index is 12.5. The molecule has 0 bridgehead atoms. The zero-order valence-electron chi connectivity index (χ0n) is 14.2. The summed E-state index contributed by atoms with van der Waals surface area (Å²) in [5, 5.41) is 7.82. The van der Waals surface area contributed by atoms with E-state index in [2.05, 4.69) is 16.7 Å². The molecule has 130 valence electrons. The molecule has 3 rings (SSSR count). The standard InChI is InChI=1S/C19H20N2O3S/c1-23-14-7-8-18-15(11-14)17(21-24-18)12-19(22)20-16-6-4-3-5-13(16)9-10-25-2/h3-8,11H,9-10,12H2,1-2H3,(H,20,22). The number of nitrogens with zero attached hydrogens (tertiary/aromatic N) is 1. The molecule has 3 aromatic rings. The summed E-state index contributed by atoms with van der Waals surface area (Å²) < 4.78 is 10.5. The molecular weight excluding hydrogens is 336 g/mol. The van der Waals surface area contributed by atoms with E-state index in [1.807, 2.05) is 30.3 Å². The number of thioether (sulfide) groups is 1. The molecule has 0 atom stereocenters. The van der Waals surface area contributed by atoms with Crippen LogP contribution in [0.1, 0.15) is 11.3 Å². The van der Waals surface area contributed by atoms with E-state index in [1.165, 1.54) is 0 Å². The van der Waals surface area contributed by atoms with E-state index in [4.69, 9.17) is 9.26 Å². The third-order valence-corrected chi connectivity index (χ3v) is 4.56. The SMILES string of the molecule is COc1ccc2onc(CC(=O)Nc3ccccc3CCSC)c2c1. The number of benzene rings is 2. The van der Waals surface area contributed by atoms with E-state index in [0.717, 1.165) is 28.8 Å². The summed E-state index contributed by atoms with van der Waals surface area (Å²) in [5.74, 6) is 1.61. The largest absolute Gasteiger partial charge is 0.497 e. The molecule has 0 saturated heterocycles. The van der Waals surface area contributed by atoms with E-state index in [9.17, 15) is 4.79 Å². The number of hydrogen-bond acceptors (Lipinski definition) is 5. The fourth-order valence-electron chi connectivity index (χ4n) is 2.64. The second-order valence-electron chi connectivity index (χ2n) is 5.62. The van der Waals surface area contributed by atoms with Gasteiger partial charge in [0.1, 0.15) is 11.4 Å². The fraction of sp³-hybridized carbons (Fsp3) is 0.263. The Morgan fingerprint density at radius 1 is 1.28 bits per heavy atom. The molecule has 5 nitrogen and oxygen atoms in total. The number of carbonyl (C=O) groups is 1. The number of aryl methyl sites for hydroxylation is 1. The zero-order chi connectivity index (χ0) is 17.6. The maximum atomic E-state index is 12.5. The Bertz CT molecular complexity index is 876. The van der Waals surface area contributed by atoms with E-state index in [1.54, 1.807) is 31.0 Å². The number of ether oxygens (including phenoxy) is 1. The first-order valence-electron chi connectivity index (χ1n) is 8.00. The van der Waals surface area contributed by atoms with Crippen LogP contribution in [0.15, 0.2) is 47.0 Å². The number of methoxy groups -OCH3 is 1. The molecule has 0 aliphatic heterocycles. The lowest BCUT2D eigenvalue weighted by atomic mass is 10.1. The topological polar surface area (TPSA) is 64.4 Å². The molecule has 0 fully saturated rings. The smallest absolute Gasteiger partial charge is 0.230 e. The average Bonchev–Trinajstić information content (AvgIpc) is 3.03. The van der Waals surface area contributed by atoms with Crippen molar-refractivity contribution in [3.63, 3.8) is 0 Å². The highest BCUT2D eigenvalue weighted by Crippen LogP contribution is 2.24. The quantitative estimate of drug-likeness (QED) is 0.695. The predicted molar refractivity (Wildman–Crippen MR) is 101 cm³/mol. The van der Waals surface area contributed by atoms with Crippen LogP contribution in [0.4, 0.5) is 5.69 Å². The van der Waals surface area contributed by atoms with Crippen molar-refractivity contribution in [2.75, 3.05) is 24.4 Å². The number of rotatable bonds is 7. The highest BCUT2D eigenvalue weighted by atomic mass is 32.2. The zero-order valence-corrected chi connectivity index (χ0v) is 15.1. The Hall–Kier alpha value is -2.47. The molecule has 0 aliphatic carbocycles. The van der Waals surface area contributed by atoms with Crippen molar-refractivity contribution in [1.82, 2.24) is 5.16 Å². The van der Waals surface area contributed by atoms with Crippen LogP contribution in [0.3, 0.4) is 0 Å². The van der Waals surface area contributed by atoms with Gasteiger partial charge < -0.3 is 14.6 Å². The fourth-order valence-corrected chi connectivity index (χ4v) is 3.06. The summed E-state index contributed by atoms with van der Waals surface area (Å²) in [6, 6.07) is 13.3. The maximum Gasteiger partial charge on any atom is 0.230 e. The van der Waals surface area contributed by atoms with Crippen molar-refractivity contribution in [3.05, 3.63) is 53.7 Å². The van der Waals surface area contributed by atoms with Crippen molar-refractivity contribution in [2.24, 2.45) is 0 Å². The first-order chi connectivity index (χ1) is 12.2. The first-order valence-corrected chi connectivity index (χ1v) is 9.39. The van der Waals surface area contributed by atoms with Crippen molar-refractivity contribution < 1.29 is 14.1 Å². The minimum atomic E-state index is -0.116. The highest BCUT2D eigenvalue weighted by molar-refractivity contribution is 7.98. The lowest BCUT2D eigenvalue weighted by Crippen LogP contribution is -2.16. The summed E-state index contributed by atoms with van der Waals surface area (Å²) in [5.41, 5.74) is 3.24. The number of amides is 1. The molecule has 0 spiro atoms.